The van der Waals surface area contributed by atoms with Gasteiger partial charge in [-0.25, -0.2) is 4.79 Å². The van der Waals surface area contributed by atoms with Crippen LogP contribution in [0.1, 0.15) is 42.5 Å². The molecule has 2 N–H and O–H groups in total. The summed E-state index contributed by atoms with van der Waals surface area (Å²) in [5.74, 6) is -0.502. The fourth-order valence-corrected chi connectivity index (χ4v) is 4.19. The molecule has 0 aliphatic heterocycles. The monoisotopic (exact) mass is 529 g/mol. The number of hydrogen-bond donors (Lipinski definition) is 2. The van der Waals surface area contributed by atoms with Gasteiger partial charge < -0.3 is 19.9 Å². The van der Waals surface area contributed by atoms with Gasteiger partial charge in [-0.1, -0.05) is 41.1 Å². The first-order valence-corrected chi connectivity index (χ1v) is 12.7. The highest BCUT2D eigenvalue weighted by molar-refractivity contribution is 7.99. The van der Waals surface area contributed by atoms with Gasteiger partial charge in [0.25, 0.3) is 0 Å². The molecule has 0 spiro atoms. The number of aryl methyl sites for hydroxylation is 1. The van der Waals surface area contributed by atoms with E-state index in [1.54, 1.807) is 18.4 Å². The van der Waals surface area contributed by atoms with Gasteiger partial charge in [0.1, 0.15) is 5.82 Å². The number of carbonyl (C=O) groups excluding carboxylic acids is 3. The van der Waals surface area contributed by atoms with Crippen LogP contribution in [0.3, 0.4) is 0 Å². The molecule has 36 heavy (non-hydrogen) atoms. The molecule has 1 aromatic heterocycles. The number of hydrogen-bond acceptors (Lipinski definition) is 7. The lowest BCUT2D eigenvalue weighted by Gasteiger charge is -2.11. The highest BCUT2D eigenvalue weighted by Crippen LogP contribution is 2.25. The maximum atomic E-state index is 12.6. The van der Waals surface area contributed by atoms with E-state index < -0.39 is 5.97 Å². The predicted octanol–water partition coefficient (Wildman–Crippen LogP) is 4.74. The zero-order valence-electron chi connectivity index (χ0n) is 20.5. The van der Waals surface area contributed by atoms with Gasteiger partial charge in [-0.2, -0.15) is 0 Å². The Bertz CT molecular complexity index is 1240. The lowest BCUT2D eigenvalue weighted by molar-refractivity contribution is -0.116. The molecule has 3 aromatic rings. The molecular weight excluding hydrogens is 502 g/mol. The minimum atomic E-state index is -0.499. The predicted molar refractivity (Wildman–Crippen MR) is 141 cm³/mol. The van der Waals surface area contributed by atoms with Crippen LogP contribution in [-0.2, 0) is 27.3 Å². The SMILES string of the molecule is CCn1c(CC(=O)Nc2ccc(C)cc2)nnc1SCC(=O)Nc1cc(C(=O)OC(C)C)ccc1Cl. The zero-order chi connectivity index (χ0) is 26.2. The quantitative estimate of drug-likeness (QED) is 0.288. The number of aromatic nitrogens is 3. The summed E-state index contributed by atoms with van der Waals surface area (Å²) in [6.45, 7) is 7.94. The molecule has 0 bridgehead atoms. The van der Waals surface area contributed by atoms with E-state index >= 15 is 0 Å². The summed E-state index contributed by atoms with van der Waals surface area (Å²) in [4.78, 5) is 37.2. The second-order valence-electron chi connectivity index (χ2n) is 8.22. The Kier molecular flexibility index (Phi) is 9.49. The van der Waals surface area contributed by atoms with E-state index in [9.17, 15) is 14.4 Å². The van der Waals surface area contributed by atoms with Gasteiger partial charge in [-0.15, -0.1) is 10.2 Å². The number of carbonyl (C=O) groups is 3. The van der Waals surface area contributed by atoms with Gasteiger partial charge in [0.05, 0.1) is 34.6 Å². The number of anilines is 2. The van der Waals surface area contributed by atoms with Crippen molar-refractivity contribution in [3.63, 3.8) is 0 Å². The first-order valence-electron chi connectivity index (χ1n) is 11.4. The molecular formula is C25H28ClN5O4S. The van der Waals surface area contributed by atoms with Crippen molar-refractivity contribution in [1.29, 1.82) is 0 Å². The van der Waals surface area contributed by atoms with Crippen molar-refractivity contribution in [2.24, 2.45) is 0 Å². The molecule has 11 heteroatoms. The van der Waals surface area contributed by atoms with E-state index in [4.69, 9.17) is 16.3 Å². The van der Waals surface area contributed by atoms with Crippen molar-refractivity contribution in [3.8, 4) is 0 Å². The molecule has 190 valence electrons. The van der Waals surface area contributed by atoms with Crippen LogP contribution in [0.5, 0.6) is 0 Å². The molecule has 9 nitrogen and oxygen atoms in total. The van der Waals surface area contributed by atoms with Crippen LogP contribution in [0, 0.1) is 6.92 Å². The normalized spacial score (nSPS) is 10.8. The largest absolute Gasteiger partial charge is 0.459 e. The first-order chi connectivity index (χ1) is 17.2. The van der Waals surface area contributed by atoms with Crippen LogP contribution in [0.15, 0.2) is 47.6 Å². The Hall–Kier alpha value is -3.37. The van der Waals surface area contributed by atoms with Crippen molar-refractivity contribution >= 4 is 52.5 Å². The fraction of sp³-hybridized carbons (Fsp3) is 0.320. The third kappa shape index (κ3) is 7.56. The second kappa shape index (κ2) is 12.5. The summed E-state index contributed by atoms with van der Waals surface area (Å²) in [5.41, 5.74) is 2.41. The molecule has 0 aliphatic carbocycles. The summed E-state index contributed by atoms with van der Waals surface area (Å²) in [5, 5.41) is 14.7. The number of thioether (sulfide) groups is 1. The van der Waals surface area contributed by atoms with E-state index in [1.807, 2.05) is 38.1 Å². The summed E-state index contributed by atoms with van der Waals surface area (Å²) in [7, 11) is 0. The van der Waals surface area contributed by atoms with Crippen LogP contribution >= 0.6 is 23.4 Å². The topological polar surface area (TPSA) is 115 Å². The Morgan fingerprint density at radius 3 is 2.44 bits per heavy atom. The summed E-state index contributed by atoms with van der Waals surface area (Å²) in [6, 6.07) is 12.1. The number of rotatable bonds is 10. The van der Waals surface area contributed by atoms with Crippen molar-refractivity contribution in [1.82, 2.24) is 14.8 Å². The van der Waals surface area contributed by atoms with Crippen molar-refractivity contribution in [3.05, 3.63) is 64.4 Å². The fourth-order valence-electron chi connectivity index (χ4n) is 3.21. The molecule has 2 aromatic carbocycles. The average molecular weight is 530 g/mol. The van der Waals surface area contributed by atoms with Gasteiger partial charge in [-0.3, -0.25) is 9.59 Å². The van der Waals surface area contributed by atoms with Gasteiger partial charge in [0, 0.05) is 12.2 Å². The maximum Gasteiger partial charge on any atom is 0.338 e. The highest BCUT2D eigenvalue weighted by Gasteiger charge is 2.17. The zero-order valence-corrected chi connectivity index (χ0v) is 22.1. The molecule has 0 saturated carbocycles. The molecule has 1 heterocycles. The summed E-state index contributed by atoms with van der Waals surface area (Å²) >= 11 is 7.38. The average Bonchev–Trinajstić information content (AvgIpc) is 3.21. The Morgan fingerprint density at radius 2 is 1.78 bits per heavy atom. The Labute approximate surface area is 219 Å². The van der Waals surface area contributed by atoms with E-state index in [1.165, 1.54) is 30.0 Å². The van der Waals surface area contributed by atoms with Crippen LogP contribution < -0.4 is 10.6 Å². The second-order valence-corrected chi connectivity index (χ2v) is 9.57. The molecule has 0 radical (unpaired) electrons. The summed E-state index contributed by atoms with van der Waals surface area (Å²) < 4.78 is 6.98. The number of amides is 2. The van der Waals surface area contributed by atoms with E-state index in [2.05, 4.69) is 20.8 Å². The van der Waals surface area contributed by atoms with Crippen LogP contribution in [0.4, 0.5) is 11.4 Å². The van der Waals surface area contributed by atoms with Crippen LogP contribution in [-0.4, -0.2) is 44.4 Å². The standard InChI is InChI=1S/C25H28ClN5O4S/c1-5-31-21(13-22(32)27-18-9-6-16(4)7-10-18)29-30-25(31)36-14-23(33)28-20-12-17(8-11-19(20)26)24(34)35-15(2)3/h6-12,15H,5,13-14H2,1-4H3,(H,27,32)(H,28,33). The van der Waals surface area contributed by atoms with Gasteiger partial charge >= 0.3 is 5.97 Å². The summed E-state index contributed by atoms with van der Waals surface area (Å²) in [6.07, 6.45) is -0.215. The third-order valence-electron chi connectivity index (χ3n) is 4.91. The highest BCUT2D eigenvalue weighted by atomic mass is 35.5. The van der Waals surface area contributed by atoms with Crippen molar-refractivity contribution in [2.75, 3.05) is 16.4 Å². The van der Waals surface area contributed by atoms with E-state index in [0.717, 1.165) is 5.56 Å². The van der Waals surface area contributed by atoms with E-state index in [0.29, 0.717) is 33.9 Å². The Morgan fingerprint density at radius 1 is 1.06 bits per heavy atom. The lowest BCUT2D eigenvalue weighted by Crippen LogP contribution is -2.18. The molecule has 2 amide bonds. The third-order valence-corrected chi connectivity index (χ3v) is 6.21. The molecule has 0 atom stereocenters. The first kappa shape index (κ1) is 27.2. The molecule has 0 unspecified atom stereocenters. The Balaban J connectivity index is 1.59. The molecule has 3 rings (SSSR count). The minimum absolute atomic E-state index is 0.0324. The number of halogens is 1. The van der Waals surface area contributed by atoms with Gasteiger partial charge in [0.2, 0.25) is 11.8 Å². The molecule has 0 aliphatic rings. The molecule has 0 fully saturated rings. The van der Waals surface area contributed by atoms with Crippen molar-refractivity contribution in [2.45, 2.75) is 51.9 Å². The van der Waals surface area contributed by atoms with Gasteiger partial charge in [-0.05, 0) is 58.0 Å². The lowest BCUT2D eigenvalue weighted by atomic mass is 10.2. The smallest absolute Gasteiger partial charge is 0.338 e. The van der Waals surface area contributed by atoms with Crippen molar-refractivity contribution < 1.29 is 19.1 Å². The molecule has 0 saturated heterocycles. The number of esters is 1. The van der Waals surface area contributed by atoms with Crippen LogP contribution in [0.2, 0.25) is 5.02 Å². The minimum Gasteiger partial charge on any atom is -0.459 e. The number of nitrogens with zero attached hydrogens (tertiary/aromatic N) is 3. The number of nitrogens with one attached hydrogen (secondary N) is 2. The number of benzene rings is 2. The van der Waals surface area contributed by atoms with Gasteiger partial charge in [0.15, 0.2) is 5.16 Å². The maximum absolute atomic E-state index is 12.6. The van der Waals surface area contributed by atoms with E-state index in [-0.39, 0.29) is 35.7 Å². The number of ether oxygens (including phenoxy) is 1. The van der Waals surface area contributed by atoms with Crippen LogP contribution in [0.25, 0.3) is 0 Å².